The summed E-state index contributed by atoms with van der Waals surface area (Å²) in [6.45, 7) is 12.5. The third-order valence-corrected chi connectivity index (χ3v) is 12.1. The number of hydrogen-bond donors (Lipinski definition) is 6. The van der Waals surface area contributed by atoms with Gasteiger partial charge < -0.3 is 40.1 Å². The highest BCUT2D eigenvalue weighted by Crippen LogP contribution is 2.71. The molecule has 8 heteroatoms. The number of fused-ring (bicyclic) bond motifs is 7. The SMILES string of the molecule is C[C@H](CO)CCC[C@@H](C)[C@H]1[C@H]2OC(C)(C)O[C@H]2[C@@H]2[C@]1(C)CC[C@H]1[C@@]3(C)CC[C@H](O)[C@H](O)[C@@H]3[C@@H](O)[C@@H](O)[C@@]21O. The molecule has 5 aliphatic rings. The van der Waals surface area contributed by atoms with Crippen molar-refractivity contribution in [1.82, 2.24) is 0 Å². The van der Waals surface area contributed by atoms with Crippen molar-refractivity contribution in [1.29, 1.82) is 0 Å². The van der Waals surface area contributed by atoms with Crippen LogP contribution >= 0.6 is 0 Å². The van der Waals surface area contributed by atoms with Crippen molar-refractivity contribution in [3.63, 3.8) is 0 Å². The van der Waals surface area contributed by atoms with Crippen molar-refractivity contribution in [2.45, 2.75) is 135 Å². The van der Waals surface area contributed by atoms with Crippen molar-refractivity contribution >= 4 is 0 Å². The van der Waals surface area contributed by atoms with Crippen LogP contribution in [0.15, 0.2) is 0 Å². The zero-order valence-corrected chi connectivity index (χ0v) is 24.1. The molecule has 8 nitrogen and oxygen atoms in total. The van der Waals surface area contributed by atoms with Gasteiger partial charge in [-0.2, -0.15) is 0 Å². The van der Waals surface area contributed by atoms with E-state index in [2.05, 4.69) is 20.8 Å². The molecule has 0 amide bonds. The van der Waals surface area contributed by atoms with Gasteiger partial charge in [0.2, 0.25) is 0 Å². The van der Waals surface area contributed by atoms with E-state index in [0.29, 0.717) is 19.3 Å². The first kappa shape index (κ1) is 29.2. The lowest BCUT2D eigenvalue weighted by Gasteiger charge is -2.68. The highest BCUT2D eigenvalue weighted by atomic mass is 16.8. The Labute approximate surface area is 227 Å². The van der Waals surface area contributed by atoms with Crippen LogP contribution in [0.3, 0.4) is 0 Å². The Morgan fingerprint density at radius 3 is 2.13 bits per heavy atom. The van der Waals surface area contributed by atoms with Gasteiger partial charge >= 0.3 is 0 Å². The van der Waals surface area contributed by atoms with Gasteiger partial charge in [0.25, 0.3) is 0 Å². The predicted octanol–water partition coefficient (Wildman–Crippen LogP) is 2.21. The summed E-state index contributed by atoms with van der Waals surface area (Å²) in [4.78, 5) is 0. The summed E-state index contributed by atoms with van der Waals surface area (Å²) in [5.41, 5.74) is -2.63. The van der Waals surface area contributed by atoms with E-state index in [-0.39, 0.29) is 41.8 Å². The predicted molar refractivity (Wildman–Crippen MR) is 141 cm³/mol. The average molecular weight is 541 g/mol. The molecule has 15 atom stereocenters. The van der Waals surface area contributed by atoms with E-state index in [1.807, 2.05) is 20.8 Å². The van der Waals surface area contributed by atoms with E-state index in [1.165, 1.54) is 0 Å². The fourth-order valence-corrected chi connectivity index (χ4v) is 10.5. The van der Waals surface area contributed by atoms with Crippen molar-refractivity contribution in [2.75, 3.05) is 6.61 Å². The molecule has 220 valence electrons. The third-order valence-electron chi connectivity index (χ3n) is 12.1. The molecule has 6 N–H and O–H groups in total. The lowest BCUT2D eigenvalue weighted by molar-refractivity contribution is -0.327. The Hall–Kier alpha value is -0.320. The van der Waals surface area contributed by atoms with Gasteiger partial charge in [-0.3, -0.25) is 0 Å². The first-order chi connectivity index (χ1) is 17.6. The van der Waals surface area contributed by atoms with E-state index >= 15 is 0 Å². The average Bonchev–Trinajstić information content (AvgIpc) is 3.26. The Kier molecular flexibility index (Phi) is 7.39. The molecule has 38 heavy (non-hydrogen) atoms. The first-order valence-corrected chi connectivity index (χ1v) is 15.0. The third kappa shape index (κ3) is 3.99. The summed E-state index contributed by atoms with van der Waals surface area (Å²) in [6, 6.07) is 0. The van der Waals surface area contributed by atoms with Crippen LogP contribution in [0.1, 0.15) is 86.5 Å². The number of aliphatic hydroxyl groups excluding tert-OH is 5. The summed E-state index contributed by atoms with van der Waals surface area (Å²) in [5, 5.41) is 66.9. The highest BCUT2D eigenvalue weighted by Gasteiger charge is 2.78. The van der Waals surface area contributed by atoms with E-state index in [9.17, 15) is 30.6 Å². The molecule has 4 aliphatic carbocycles. The van der Waals surface area contributed by atoms with Crippen LogP contribution in [0, 0.1) is 46.3 Å². The molecule has 4 saturated carbocycles. The van der Waals surface area contributed by atoms with Crippen molar-refractivity contribution in [3.05, 3.63) is 0 Å². The van der Waals surface area contributed by atoms with E-state index in [1.54, 1.807) is 0 Å². The minimum atomic E-state index is -1.62. The molecule has 0 bridgehead atoms. The molecule has 0 aromatic rings. The van der Waals surface area contributed by atoms with Gasteiger partial charge in [0.05, 0.1) is 30.5 Å². The minimum absolute atomic E-state index is 0.0994. The van der Waals surface area contributed by atoms with Crippen LogP contribution < -0.4 is 0 Å². The van der Waals surface area contributed by atoms with Gasteiger partial charge in [0, 0.05) is 18.4 Å². The molecule has 5 fully saturated rings. The summed E-state index contributed by atoms with van der Waals surface area (Å²) < 4.78 is 13.1. The van der Waals surface area contributed by atoms with Gasteiger partial charge in [0.15, 0.2) is 5.79 Å². The molecule has 0 unspecified atom stereocenters. The van der Waals surface area contributed by atoms with Gasteiger partial charge in [0.1, 0.15) is 11.7 Å². The molecule has 0 aromatic heterocycles. The summed E-state index contributed by atoms with van der Waals surface area (Å²) in [7, 11) is 0. The van der Waals surface area contributed by atoms with Crippen molar-refractivity contribution in [3.8, 4) is 0 Å². The van der Waals surface area contributed by atoms with Crippen molar-refractivity contribution < 1.29 is 40.1 Å². The van der Waals surface area contributed by atoms with Gasteiger partial charge in [-0.1, -0.05) is 40.5 Å². The van der Waals surface area contributed by atoms with Crippen LogP contribution in [0.2, 0.25) is 0 Å². The number of ether oxygens (including phenoxy) is 2. The van der Waals surface area contributed by atoms with Crippen LogP contribution in [0.5, 0.6) is 0 Å². The Morgan fingerprint density at radius 1 is 0.842 bits per heavy atom. The minimum Gasteiger partial charge on any atom is -0.396 e. The highest BCUT2D eigenvalue weighted by molar-refractivity contribution is 5.26. The number of hydrogen-bond acceptors (Lipinski definition) is 8. The maximum Gasteiger partial charge on any atom is 0.163 e. The molecule has 5 rings (SSSR count). The Balaban J connectivity index is 1.53. The molecule has 0 aromatic carbocycles. The van der Waals surface area contributed by atoms with E-state index in [0.717, 1.165) is 25.7 Å². The zero-order chi connectivity index (χ0) is 28.0. The fourth-order valence-electron chi connectivity index (χ4n) is 10.5. The molecule has 0 radical (unpaired) electrons. The Bertz CT molecular complexity index is 882. The van der Waals surface area contributed by atoms with Gasteiger partial charge in [-0.15, -0.1) is 0 Å². The summed E-state index contributed by atoms with van der Waals surface area (Å²) in [6.07, 6.45) is -0.203. The topological polar surface area (TPSA) is 140 Å². The summed E-state index contributed by atoms with van der Waals surface area (Å²) >= 11 is 0. The Morgan fingerprint density at radius 2 is 1.47 bits per heavy atom. The van der Waals surface area contributed by atoms with Crippen LogP contribution in [-0.2, 0) is 9.47 Å². The normalized spacial score (nSPS) is 54.9. The number of rotatable bonds is 6. The lowest BCUT2D eigenvalue weighted by atomic mass is 9.40. The molecule has 1 heterocycles. The molecule has 1 saturated heterocycles. The maximum atomic E-state index is 12.8. The smallest absolute Gasteiger partial charge is 0.163 e. The second-order valence-electron chi connectivity index (χ2n) is 14.8. The first-order valence-electron chi connectivity index (χ1n) is 15.0. The summed E-state index contributed by atoms with van der Waals surface area (Å²) in [5.74, 6) is -1.70. The fraction of sp³-hybridized carbons (Fsp3) is 1.00. The van der Waals surface area contributed by atoms with Crippen LogP contribution in [-0.4, -0.2) is 85.3 Å². The second kappa shape index (κ2) is 9.62. The zero-order valence-electron chi connectivity index (χ0n) is 24.1. The van der Waals surface area contributed by atoms with Gasteiger partial charge in [-0.25, -0.2) is 0 Å². The standard InChI is InChI=1S/C30H52O8/c1-15(14-31)8-7-9-16(2)19-23-24(38-27(3,4)37-23)25-29(19,6)13-11-18-28(5)12-10-17(32)21(33)20(28)22(34)26(35)30(18,25)36/h15-26,31-36H,7-14H2,1-6H3/t15-,16+,17-,18-,19-,20+,21-,22+,23+,24+,25+,26+,28+,29+,30-/m0/s1. The molecular weight excluding hydrogens is 488 g/mol. The lowest BCUT2D eigenvalue weighted by Crippen LogP contribution is -2.77. The van der Waals surface area contributed by atoms with Gasteiger partial charge in [-0.05, 0) is 80.5 Å². The molecular formula is C30H52O8. The maximum absolute atomic E-state index is 12.8. The quantitative estimate of drug-likeness (QED) is 0.301. The van der Waals surface area contributed by atoms with Crippen LogP contribution in [0.25, 0.3) is 0 Å². The molecule has 0 spiro atoms. The largest absolute Gasteiger partial charge is 0.396 e. The van der Waals surface area contributed by atoms with Crippen LogP contribution in [0.4, 0.5) is 0 Å². The number of aliphatic hydroxyl groups is 6. The molecule has 1 aliphatic heterocycles. The second-order valence-corrected chi connectivity index (χ2v) is 14.8. The van der Waals surface area contributed by atoms with E-state index in [4.69, 9.17) is 9.47 Å². The van der Waals surface area contributed by atoms with Crippen molar-refractivity contribution in [2.24, 2.45) is 46.3 Å². The monoisotopic (exact) mass is 540 g/mol. The van der Waals surface area contributed by atoms with E-state index < -0.39 is 59.2 Å².